The fourth-order valence-electron chi connectivity index (χ4n) is 3.29. The third-order valence-corrected chi connectivity index (χ3v) is 4.79. The zero-order chi connectivity index (χ0) is 19.4. The van der Waals surface area contributed by atoms with E-state index in [1.807, 2.05) is 13.0 Å². The summed E-state index contributed by atoms with van der Waals surface area (Å²) in [6, 6.07) is 14.0. The number of carbonyl (C=O) groups excluding carboxylic acids is 3. The number of benzene rings is 2. The molecular formula is C22H20NO4-. The molecule has 0 radical (unpaired) electrons. The predicted octanol–water partition coefficient (Wildman–Crippen LogP) is 2.50. The number of allylic oxidation sites excluding steroid dienone is 2. The Morgan fingerprint density at radius 2 is 1.63 bits per heavy atom. The van der Waals surface area contributed by atoms with Crippen LogP contribution in [-0.4, -0.2) is 17.7 Å². The SMILES string of the molecule is Cc1ccc(NC(=O)[C@@H]2CC=CC[C@@H]2C(=O)[O-])c(C(=O)c2ccccc2)c1. The van der Waals surface area contributed by atoms with Crippen LogP contribution in [0.5, 0.6) is 0 Å². The lowest BCUT2D eigenvalue weighted by Gasteiger charge is -2.28. The molecule has 2 aromatic carbocycles. The number of aliphatic carboxylic acids is 1. The second-order valence-electron chi connectivity index (χ2n) is 6.71. The second kappa shape index (κ2) is 7.99. The van der Waals surface area contributed by atoms with Crippen LogP contribution in [0.1, 0.15) is 34.3 Å². The first-order valence-electron chi connectivity index (χ1n) is 8.84. The molecule has 1 N–H and O–H groups in total. The molecular weight excluding hydrogens is 342 g/mol. The first kappa shape index (κ1) is 18.6. The van der Waals surface area contributed by atoms with Crippen molar-refractivity contribution in [3.8, 4) is 0 Å². The van der Waals surface area contributed by atoms with Gasteiger partial charge in [-0.25, -0.2) is 0 Å². The van der Waals surface area contributed by atoms with Gasteiger partial charge in [-0.3, -0.25) is 9.59 Å². The van der Waals surface area contributed by atoms with E-state index in [-0.39, 0.29) is 12.2 Å². The number of anilines is 1. The van der Waals surface area contributed by atoms with E-state index in [1.165, 1.54) is 0 Å². The Labute approximate surface area is 157 Å². The minimum Gasteiger partial charge on any atom is -0.550 e. The summed E-state index contributed by atoms with van der Waals surface area (Å²) >= 11 is 0. The number of carbonyl (C=O) groups is 3. The number of carboxylic acid groups (broad SMARTS) is 1. The van der Waals surface area contributed by atoms with Gasteiger partial charge in [-0.2, -0.15) is 0 Å². The number of ketones is 1. The summed E-state index contributed by atoms with van der Waals surface area (Å²) in [5.74, 6) is -3.44. The normalized spacial score (nSPS) is 18.7. The molecule has 0 fully saturated rings. The standard InChI is InChI=1S/C22H21NO4/c1-14-11-12-19(18(13-14)20(24)15-7-3-2-4-8-15)23-21(25)16-9-5-6-10-17(16)22(26)27/h2-8,11-13,16-17H,9-10H2,1H3,(H,23,25)(H,26,27)/p-1/t16-,17+/m1/s1. The molecule has 0 saturated heterocycles. The molecule has 138 valence electrons. The molecule has 0 heterocycles. The predicted molar refractivity (Wildman–Crippen MR) is 100 cm³/mol. The van der Waals surface area contributed by atoms with Gasteiger partial charge >= 0.3 is 0 Å². The van der Waals surface area contributed by atoms with Crippen molar-refractivity contribution in [2.75, 3.05) is 5.32 Å². The largest absolute Gasteiger partial charge is 0.550 e. The average Bonchev–Trinajstić information content (AvgIpc) is 2.69. The molecule has 0 saturated carbocycles. The van der Waals surface area contributed by atoms with Gasteiger partial charge in [-0.1, -0.05) is 54.1 Å². The Kier molecular flexibility index (Phi) is 5.50. The van der Waals surface area contributed by atoms with Crippen LogP contribution in [0.4, 0.5) is 5.69 Å². The van der Waals surface area contributed by atoms with Gasteiger partial charge in [0.05, 0.1) is 11.6 Å². The maximum absolute atomic E-state index is 12.9. The topological polar surface area (TPSA) is 86.3 Å². The van der Waals surface area contributed by atoms with Crippen LogP contribution < -0.4 is 10.4 Å². The number of amides is 1. The van der Waals surface area contributed by atoms with Crippen molar-refractivity contribution in [2.45, 2.75) is 19.8 Å². The van der Waals surface area contributed by atoms with Gasteiger partial charge in [0.15, 0.2) is 5.78 Å². The quantitative estimate of drug-likeness (QED) is 0.654. The van der Waals surface area contributed by atoms with Crippen LogP contribution in [0.2, 0.25) is 0 Å². The van der Waals surface area contributed by atoms with E-state index in [2.05, 4.69) is 5.32 Å². The third-order valence-electron chi connectivity index (χ3n) is 4.79. The first-order chi connectivity index (χ1) is 13.0. The van der Waals surface area contributed by atoms with Crippen molar-refractivity contribution in [1.82, 2.24) is 0 Å². The Morgan fingerprint density at radius 3 is 2.30 bits per heavy atom. The van der Waals surface area contributed by atoms with Gasteiger partial charge in [-0.05, 0) is 31.9 Å². The molecule has 0 aliphatic heterocycles. The summed E-state index contributed by atoms with van der Waals surface area (Å²) in [6.45, 7) is 1.87. The second-order valence-corrected chi connectivity index (χ2v) is 6.71. The average molecular weight is 362 g/mol. The van der Waals surface area contributed by atoms with Crippen LogP contribution >= 0.6 is 0 Å². The van der Waals surface area contributed by atoms with Gasteiger partial charge < -0.3 is 15.2 Å². The molecule has 1 aliphatic rings. The van der Waals surface area contributed by atoms with Crippen LogP contribution in [0.15, 0.2) is 60.7 Å². The van der Waals surface area contributed by atoms with Gasteiger partial charge in [-0.15, -0.1) is 0 Å². The van der Waals surface area contributed by atoms with E-state index < -0.39 is 23.7 Å². The fraction of sp³-hybridized carbons (Fsp3) is 0.227. The minimum atomic E-state index is -1.23. The number of aryl methyl sites for hydroxylation is 1. The number of nitrogens with one attached hydrogen (secondary N) is 1. The molecule has 1 amide bonds. The summed E-state index contributed by atoms with van der Waals surface area (Å²) in [7, 11) is 0. The molecule has 5 heteroatoms. The third kappa shape index (κ3) is 4.14. The lowest BCUT2D eigenvalue weighted by Crippen LogP contribution is -2.41. The fourth-order valence-corrected chi connectivity index (χ4v) is 3.29. The van der Waals surface area contributed by atoms with Crippen LogP contribution in [0, 0.1) is 18.8 Å². The summed E-state index contributed by atoms with van der Waals surface area (Å²) in [5.41, 5.74) is 2.17. The van der Waals surface area contributed by atoms with E-state index >= 15 is 0 Å². The Bertz CT molecular complexity index is 902. The highest BCUT2D eigenvalue weighted by atomic mass is 16.4. The lowest BCUT2D eigenvalue weighted by atomic mass is 9.82. The molecule has 2 aromatic rings. The van der Waals surface area contributed by atoms with E-state index in [0.717, 1.165) is 5.56 Å². The summed E-state index contributed by atoms with van der Waals surface area (Å²) in [4.78, 5) is 37.0. The van der Waals surface area contributed by atoms with Crippen molar-refractivity contribution in [1.29, 1.82) is 0 Å². The Balaban J connectivity index is 1.89. The first-order valence-corrected chi connectivity index (χ1v) is 8.84. The summed E-state index contributed by atoms with van der Waals surface area (Å²) in [5, 5.41) is 14.1. The highest BCUT2D eigenvalue weighted by molar-refractivity contribution is 6.14. The number of rotatable bonds is 5. The van der Waals surface area contributed by atoms with Crippen molar-refractivity contribution in [3.05, 3.63) is 77.4 Å². The van der Waals surface area contributed by atoms with E-state index in [9.17, 15) is 19.5 Å². The molecule has 1 aliphatic carbocycles. The smallest absolute Gasteiger partial charge is 0.228 e. The van der Waals surface area contributed by atoms with Gasteiger partial charge in [0, 0.05) is 23.0 Å². The molecule has 3 rings (SSSR count). The van der Waals surface area contributed by atoms with E-state index in [1.54, 1.807) is 54.6 Å². The van der Waals surface area contributed by atoms with Crippen LogP contribution in [0.3, 0.4) is 0 Å². The summed E-state index contributed by atoms with van der Waals surface area (Å²) < 4.78 is 0. The van der Waals surface area contributed by atoms with Crippen molar-refractivity contribution in [2.24, 2.45) is 11.8 Å². The molecule has 0 bridgehead atoms. The molecule has 2 atom stereocenters. The van der Waals surface area contributed by atoms with Crippen molar-refractivity contribution < 1.29 is 19.5 Å². The maximum atomic E-state index is 12.9. The summed E-state index contributed by atoms with van der Waals surface area (Å²) in [6.07, 6.45) is 4.15. The monoisotopic (exact) mass is 362 g/mol. The van der Waals surface area contributed by atoms with Gasteiger partial charge in [0.1, 0.15) is 0 Å². The van der Waals surface area contributed by atoms with E-state index in [4.69, 9.17) is 0 Å². The van der Waals surface area contributed by atoms with Crippen LogP contribution in [-0.2, 0) is 9.59 Å². The van der Waals surface area contributed by atoms with Crippen molar-refractivity contribution >= 4 is 23.3 Å². The van der Waals surface area contributed by atoms with Gasteiger partial charge in [0.2, 0.25) is 5.91 Å². The maximum Gasteiger partial charge on any atom is 0.228 e. The lowest BCUT2D eigenvalue weighted by molar-refractivity contribution is -0.313. The molecule has 0 unspecified atom stereocenters. The number of carboxylic acids is 1. The highest BCUT2D eigenvalue weighted by Crippen LogP contribution is 2.28. The molecule has 5 nitrogen and oxygen atoms in total. The molecule has 0 aromatic heterocycles. The van der Waals surface area contributed by atoms with Crippen LogP contribution in [0.25, 0.3) is 0 Å². The zero-order valence-corrected chi connectivity index (χ0v) is 15.0. The minimum absolute atomic E-state index is 0.199. The number of hydrogen-bond acceptors (Lipinski definition) is 4. The Morgan fingerprint density at radius 1 is 0.963 bits per heavy atom. The van der Waals surface area contributed by atoms with Gasteiger partial charge in [0.25, 0.3) is 0 Å². The Hall–Kier alpha value is -3.21. The van der Waals surface area contributed by atoms with E-state index in [0.29, 0.717) is 23.2 Å². The molecule has 0 spiro atoms. The van der Waals surface area contributed by atoms with Crippen molar-refractivity contribution in [3.63, 3.8) is 0 Å². The highest BCUT2D eigenvalue weighted by Gasteiger charge is 2.30. The molecule has 27 heavy (non-hydrogen) atoms. The number of hydrogen-bond donors (Lipinski definition) is 1. The zero-order valence-electron chi connectivity index (χ0n) is 15.0.